The first-order valence-corrected chi connectivity index (χ1v) is 7.55. The van der Waals surface area contributed by atoms with E-state index in [0.717, 1.165) is 5.56 Å². The van der Waals surface area contributed by atoms with Crippen molar-refractivity contribution in [3.8, 4) is 0 Å². The highest BCUT2D eigenvalue weighted by Gasteiger charge is 2.22. The van der Waals surface area contributed by atoms with Gasteiger partial charge in [-0.1, -0.05) is 48.3 Å². The second kappa shape index (κ2) is 6.23. The standard InChI is InChI=1S/C14H14Cl2FNS/c1-3-18-13(10-7-11(15)19-14(10)16)9-6-4-5-8(2)12(9)17/h4-7,13,18H,3H2,1-2H3. The summed E-state index contributed by atoms with van der Waals surface area (Å²) in [6, 6.07) is 6.90. The van der Waals surface area contributed by atoms with E-state index in [-0.39, 0.29) is 11.9 Å². The predicted molar refractivity (Wildman–Crippen MR) is 81.0 cm³/mol. The minimum absolute atomic E-state index is 0.202. The van der Waals surface area contributed by atoms with E-state index in [1.54, 1.807) is 25.1 Å². The van der Waals surface area contributed by atoms with Gasteiger partial charge in [-0.05, 0) is 25.1 Å². The van der Waals surface area contributed by atoms with Gasteiger partial charge in [-0.2, -0.15) is 0 Å². The maximum atomic E-state index is 14.3. The van der Waals surface area contributed by atoms with Gasteiger partial charge in [-0.25, -0.2) is 4.39 Å². The monoisotopic (exact) mass is 317 g/mol. The molecule has 1 aromatic heterocycles. The van der Waals surface area contributed by atoms with Crippen LogP contribution in [0.4, 0.5) is 4.39 Å². The van der Waals surface area contributed by atoms with Crippen LogP contribution in [-0.2, 0) is 0 Å². The maximum absolute atomic E-state index is 14.3. The molecule has 0 aliphatic carbocycles. The number of benzene rings is 1. The quantitative estimate of drug-likeness (QED) is 0.817. The number of aryl methyl sites for hydroxylation is 1. The van der Waals surface area contributed by atoms with Crippen molar-refractivity contribution in [2.45, 2.75) is 19.9 Å². The highest BCUT2D eigenvalue weighted by molar-refractivity contribution is 7.20. The van der Waals surface area contributed by atoms with E-state index in [0.29, 0.717) is 26.3 Å². The average molecular weight is 318 g/mol. The van der Waals surface area contributed by atoms with Gasteiger partial charge in [0.05, 0.1) is 14.7 Å². The van der Waals surface area contributed by atoms with Gasteiger partial charge in [-0.15, -0.1) is 11.3 Å². The van der Waals surface area contributed by atoms with Gasteiger partial charge in [0.25, 0.3) is 0 Å². The molecular formula is C14H14Cl2FNS. The SMILES string of the molecule is CCNC(c1cc(Cl)sc1Cl)c1cccc(C)c1F. The van der Waals surface area contributed by atoms with Crippen molar-refractivity contribution in [2.24, 2.45) is 0 Å². The second-order valence-corrected chi connectivity index (χ2v) is 6.53. The molecule has 0 aliphatic heterocycles. The zero-order chi connectivity index (χ0) is 14.0. The van der Waals surface area contributed by atoms with Crippen molar-refractivity contribution >= 4 is 34.5 Å². The van der Waals surface area contributed by atoms with Crippen LogP contribution in [0.25, 0.3) is 0 Å². The summed E-state index contributed by atoms with van der Waals surface area (Å²) in [6.45, 7) is 4.44. The fourth-order valence-electron chi connectivity index (χ4n) is 2.03. The summed E-state index contributed by atoms with van der Waals surface area (Å²) in [5, 5.41) is 3.26. The molecule has 0 fully saturated rings. The summed E-state index contributed by atoms with van der Waals surface area (Å²) < 4.78 is 15.5. The summed E-state index contributed by atoms with van der Waals surface area (Å²) in [5.41, 5.74) is 2.04. The Morgan fingerprint density at radius 3 is 2.63 bits per heavy atom. The van der Waals surface area contributed by atoms with Crippen LogP contribution < -0.4 is 5.32 Å². The zero-order valence-electron chi connectivity index (χ0n) is 10.6. The predicted octanol–water partition coefficient (Wildman–Crippen LogP) is 5.20. The molecule has 0 radical (unpaired) electrons. The normalized spacial score (nSPS) is 12.7. The molecule has 0 bridgehead atoms. The van der Waals surface area contributed by atoms with Gasteiger partial charge >= 0.3 is 0 Å². The van der Waals surface area contributed by atoms with Crippen molar-refractivity contribution in [3.63, 3.8) is 0 Å². The number of hydrogen-bond donors (Lipinski definition) is 1. The molecule has 5 heteroatoms. The molecule has 0 amide bonds. The van der Waals surface area contributed by atoms with Crippen molar-refractivity contribution in [1.29, 1.82) is 0 Å². The number of thiophene rings is 1. The largest absolute Gasteiger partial charge is 0.306 e. The lowest BCUT2D eigenvalue weighted by Crippen LogP contribution is -2.23. The molecule has 1 N–H and O–H groups in total. The summed E-state index contributed by atoms with van der Waals surface area (Å²) in [7, 11) is 0. The Morgan fingerprint density at radius 2 is 2.05 bits per heavy atom. The summed E-state index contributed by atoms with van der Waals surface area (Å²) in [4.78, 5) is 0. The van der Waals surface area contributed by atoms with E-state index in [9.17, 15) is 4.39 Å². The highest BCUT2D eigenvalue weighted by Crippen LogP contribution is 2.38. The number of hydrogen-bond acceptors (Lipinski definition) is 2. The van der Waals surface area contributed by atoms with Crippen molar-refractivity contribution in [3.05, 3.63) is 55.4 Å². The lowest BCUT2D eigenvalue weighted by molar-refractivity contribution is 0.554. The molecule has 1 heterocycles. The summed E-state index contributed by atoms with van der Waals surface area (Å²) >= 11 is 13.5. The van der Waals surface area contributed by atoms with E-state index in [1.165, 1.54) is 11.3 Å². The minimum Gasteiger partial charge on any atom is -0.306 e. The van der Waals surface area contributed by atoms with Gasteiger partial charge in [0, 0.05) is 11.1 Å². The van der Waals surface area contributed by atoms with Gasteiger partial charge < -0.3 is 5.32 Å². The topological polar surface area (TPSA) is 12.0 Å². The molecule has 0 aliphatic rings. The van der Waals surface area contributed by atoms with Gasteiger partial charge in [-0.3, -0.25) is 0 Å². The Labute approximate surface area is 126 Å². The maximum Gasteiger partial charge on any atom is 0.131 e. The molecule has 19 heavy (non-hydrogen) atoms. The van der Waals surface area contributed by atoms with E-state index < -0.39 is 0 Å². The van der Waals surface area contributed by atoms with Gasteiger partial charge in [0.2, 0.25) is 0 Å². The molecule has 2 aromatic rings. The van der Waals surface area contributed by atoms with Crippen LogP contribution in [0.15, 0.2) is 24.3 Å². The molecule has 2 rings (SSSR count). The van der Waals surface area contributed by atoms with Gasteiger partial charge in [0.15, 0.2) is 0 Å². The van der Waals surface area contributed by atoms with Crippen LogP contribution in [0.2, 0.25) is 8.67 Å². The lowest BCUT2D eigenvalue weighted by atomic mass is 9.98. The van der Waals surface area contributed by atoms with Crippen LogP contribution in [-0.4, -0.2) is 6.54 Å². The van der Waals surface area contributed by atoms with E-state index in [1.807, 2.05) is 13.0 Å². The molecular weight excluding hydrogens is 304 g/mol. The first kappa shape index (κ1) is 14.8. The molecule has 0 saturated carbocycles. The molecule has 102 valence electrons. The fourth-order valence-corrected chi connectivity index (χ4v) is 3.57. The number of halogens is 3. The Hall–Kier alpha value is -0.610. The molecule has 0 saturated heterocycles. The van der Waals surface area contributed by atoms with Crippen LogP contribution in [0.5, 0.6) is 0 Å². The molecule has 1 atom stereocenters. The van der Waals surface area contributed by atoms with E-state index in [2.05, 4.69) is 5.32 Å². The van der Waals surface area contributed by atoms with Crippen molar-refractivity contribution in [2.75, 3.05) is 6.54 Å². The third-order valence-corrected chi connectivity index (χ3v) is 4.45. The van der Waals surface area contributed by atoms with Crippen LogP contribution >= 0.6 is 34.5 Å². The Bertz CT molecular complexity index is 583. The summed E-state index contributed by atoms with van der Waals surface area (Å²) in [5.74, 6) is -0.202. The summed E-state index contributed by atoms with van der Waals surface area (Å²) in [6.07, 6.45) is 0. The number of rotatable bonds is 4. The third-order valence-electron chi connectivity index (χ3n) is 2.93. The van der Waals surface area contributed by atoms with Crippen LogP contribution in [0.3, 0.4) is 0 Å². The van der Waals surface area contributed by atoms with Crippen LogP contribution in [0.1, 0.15) is 29.7 Å². The molecule has 1 nitrogen and oxygen atoms in total. The molecule has 1 aromatic carbocycles. The smallest absolute Gasteiger partial charge is 0.131 e. The zero-order valence-corrected chi connectivity index (χ0v) is 13.0. The second-order valence-electron chi connectivity index (χ2n) is 4.25. The first-order chi connectivity index (χ1) is 9.04. The highest BCUT2D eigenvalue weighted by atomic mass is 35.5. The van der Waals surface area contributed by atoms with Crippen molar-refractivity contribution in [1.82, 2.24) is 5.32 Å². The van der Waals surface area contributed by atoms with Crippen LogP contribution in [0, 0.1) is 12.7 Å². The molecule has 0 spiro atoms. The Morgan fingerprint density at radius 1 is 1.32 bits per heavy atom. The van der Waals surface area contributed by atoms with E-state index >= 15 is 0 Å². The average Bonchev–Trinajstić information content (AvgIpc) is 2.69. The Balaban J connectivity index is 2.51. The van der Waals surface area contributed by atoms with Gasteiger partial charge in [0.1, 0.15) is 5.82 Å². The van der Waals surface area contributed by atoms with E-state index in [4.69, 9.17) is 23.2 Å². The van der Waals surface area contributed by atoms with Crippen molar-refractivity contribution < 1.29 is 4.39 Å². The minimum atomic E-state index is -0.277. The lowest BCUT2D eigenvalue weighted by Gasteiger charge is -2.19. The fraction of sp³-hybridized carbons (Fsp3) is 0.286. The number of nitrogens with one attached hydrogen (secondary N) is 1. The Kier molecular flexibility index (Phi) is 4.85. The first-order valence-electron chi connectivity index (χ1n) is 5.97. The molecule has 1 unspecified atom stereocenters. The third kappa shape index (κ3) is 3.11.